The van der Waals surface area contributed by atoms with E-state index in [1.807, 2.05) is 6.07 Å². The van der Waals surface area contributed by atoms with E-state index in [2.05, 4.69) is 25.8 Å². The van der Waals surface area contributed by atoms with Crippen molar-refractivity contribution in [2.75, 3.05) is 5.73 Å². The SMILES string of the molecule is CC(C)CC(C)c1nc(N)cc(C2CCCC2)n1. The molecule has 0 spiro atoms. The lowest BCUT2D eigenvalue weighted by atomic mass is 9.97. The summed E-state index contributed by atoms with van der Waals surface area (Å²) in [5.74, 6) is 3.25. The maximum absolute atomic E-state index is 5.94. The second kappa shape index (κ2) is 5.68. The molecule has 0 saturated heterocycles. The molecule has 0 bridgehead atoms. The molecule has 0 amide bonds. The molecule has 1 atom stereocenters. The minimum Gasteiger partial charge on any atom is -0.384 e. The van der Waals surface area contributed by atoms with Crippen molar-refractivity contribution in [1.82, 2.24) is 9.97 Å². The van der Waals surface area contributed by atoms with Crippen molar-refractivity contribution in [1.29, 1.82) is 0 Å². The molecule has 1 saturated carbocycles. The van der Waals surface area contributed by atoms with E-state index in [1.54, 1.807) is 0 Å². The van der Waals surface area contributed by atoms with E-state index in [1.165, 1.54) is 31.4 Å². The summed E-state index contributed by atoms with van der Waals surface area (Å²) >= 11 is 0. The molecule has 1 aromatic rings. The molecule has 1 aromatic heterocycles. The van der Waals surface area contributed by atoms with Crippen LogP contribution in [0, 0.1) is 5.92 Å². The zero-order valence-electron chi connectivity index (χ0n) is 11.8. The Balaban J connectivity index is 2.20. The highest BCUT2D eigenvalue weighted by atomic mass is 15.0. The van der Waals surface area contributed by atoms with E-state index in [0.717, 1.165) is 12.2 Å². The molecule has 1 heterocycles. The minimum atomic E-state index is 0.397. The van der Waals surface area contributed by atoms with Crippen LogP contribution in [0.1, 0.15) is 76.2 Å². The van der Waals surface area contributed by atoms with Crippen molar-refractivity contribution in [2.45, 2.75) is 64.7 Å². The topological polar surface area (TPSA) is 51.8 Å². The predicted octanol–water partition coefficient (Wildman–Crippen LogP) is 3.87. The smallest absolute Gasteiger partial charge is 0.133 e. The zero-order valence-corrected chi connectivity index (χ0v) is 11.8. The van der Waals surface area contributed by atoms with E-state index in [0.29, 0.717) is 23.6 Å². The Morgan fingerprint density at radius 1 is 1.22 bits per heavy atom. The molecule has 0 aliphatic heterocycles. The highest BCUT2D eigenvalue weighted by Crippen LogP contribution is 2.34. The molecule has 0 aromatic carbocycles. The van der Waals surface area contributed by atoms with E-state index in [9.17, 15) is 0 Å². The Hall–Kier alpha value is -1.12. The van der Waals surface area contributed by atoms with Gasteiger partial charge in [0.05, 0.1) is 0 Å². The van der Waals surface area contributed by atoms with Crippen molar-refractivity contribution in [2.24, 2.45) is 5.92 Å². The van der Waals surface area contributed by atoms with Crippen LogP contribution in [-0.2, 0) is 0 Å². The molecule has 2 rings (SSSR count). The van der Waals surface area contributed by atoms with Crippen LogP contribution >= 0.6 is 0 Å². The van der Waals surface area contributed by atoms with Gasteiger partial charge in [0, 0.05) is 23.6 Å². The largest absolute Gasteiger partial charge is 0.384 e. The lowest BCUT2D eigenvalue weighted by molar-refractivity contribution is 0.504. The van der Waals surface area contributed by atoms with Gasteiger partial charge in [0.1, 0.15) is 11.6 Å². The summed E-state index contributed by atoms with van der Waals surface area (Å²) in [6, 6.07) is 1.97. The maximum Gasteiger partial charge on any atom is 0.133 e. The van der Waals surface area contributed by atoms with Gasteiger partial charge in [0.25, 0.3) is 0 Å². The first kappa shape index (κ1) is 13.3. The predicted molar refractivity (Wildman–Crippen MR) is 75.5 cm³/mol. The molecule has 1 fully saturated rings. The second-order valence-electron chi connectivity index (χ2n) is 6.09. The number of nitrogens with two attached hydrogens (primary N) is 1. The molecule has 2 N–H and O–H groups in total. The first-order valence-electron chi connectivity index (χ1n) is 7.20. The number of nitrogens with zero attached hydrogens (tertiary/aromatic N) is 2. The first-order valence-corrected chi connectivity index (χ1v) is 7.20. The third-order valence-corrected chi connectivity index (χ3v) is 3.82. The normalized spacial score (nSPS) is 18.4. The fourth-order valence-electron chi connectivity index (χ4n) is 2.97. The van der Waals surface area contributed by atoms with Crippen LogP contribution in [0.5, 0.6) is 0 Å². The summed E-state index contributed by atoms with van der Waals surface area (Å²) in [7, 11) is 0. The third kappa shape index (κ3) is 3.21. The Morgan fingerprint density at radius 3 is 2.50 bits per heavy atom. The Morgan fingerprint density at radius 2 is 1.89 bits per heavy atom. The van der Waals surface area contributed by atoms with Crippen LogP contribution in [0.2, 0.25) is 0 Å². The van der Waals surface area contributed by atoms with Gasteiger partial charge in [-0.05, 0) is 25.2 Å². The Bertz CT molecular complexity index is 395. The van der Waals surface area contributed by atoms with Crippen LogP contribution in [0.4, 0.5) is 5.82 Å². The minimum absolute atomic E-state index is 0.397. The van der Waals surface area contributed by atoms with Gasteiger partial charge in [0.15, 0.2) is 0 Å². The van der Waals surface area contributed by atoms with Gasteiger partial charge >= 0.3 is 0 Å². The molecule has 100 valence electrons. The van der Waals surface area contributed by atoms with Gasteiger partial charge in [-0.1, -0.05) is 33.6 Å². The van der Waals surface area contributed by atoms with Crippen LogP contribution in [0.15, 0.2) is 6.07 Å². The molecule has 1 aliphatic rings. The van der Waals surface area contributed by atoms with Crippen molar-refractivity contribution >= 4 is 5.82 Å². The number of hydrogen-bond donors (Lipinski definition) is 1. The van der Waals surface area contributed by atoms with Gasteiger partial charge < -0.3 is 5.73 Å². The summed E-state index contributed by atoms with van der Waals surface area (Å²) in [4.78, 5) is 9.20. The average molecular weight is 247 g/mol. The Labute approximate surface area is 110 Å². The number of rotatable bonds is 4. The van der Waals surface area contributed by atoms with Gasteiger partial charge in [-0.2, -0.15) is 0 Å². The van der Waals surface area contributed by atoms with E-state index < -0.39 is 0 Å². The van der Waals surface area contributed by atoms with E-state index in [-0.39, 0.29) is 0 Å². The van der Waals surface area contributed by atoms with Crippen molar-refractivity contribution < 1.29 is 0 Å². The molecule has 18 heavy (non-hydrogen) atoms. The lowest BCUT2D eigenvalue weighted by Gasteiger charge is -2.16. The molecule has 3 nitrogen and oxygen atoms in total. The summed E-state index contributed by atoms with van der Waals surface area (Å²) in [5, 5.41) is 0. The summed E-state index contributed by atoms with van der Waals surface area (Å²) < 4.78 is 0. The summed E-state index contributed by atoms with van der Waals surface area (Å²) in [5.41, 5.74) is 7.12. The van der Waals surface area contributed by atoms with Gasteiger partial charge in [-0.25, -0.2) is 9.97 Å². The van der Waals surface area contributed by atoms with Gasteiger partial charge in [0.2, 0.25) is 0 Å². The average Bonchev–Trinajstić information content (AvgIpc) is 2.80. The molecular weight excluding hydrogens is 222 g/mol. The van der Waals surface area contributed by atoms with Crippen molar-refractivity contribution in [3.8, 4) is 0 Å². The standard InChI is InChI=1S/C15H25N3/c1-10(2)8-11(3)15-17-13(9-14(16)18-15)12-6-4-5-7-12/h9-12H,4-8H2,1-3H3,(H2,16,17,18). The van der Waals surface area contributed by atoms with Crippen molar-refractivity contribution in [3.05, 3.63) is 17.6 Å². The fraction of sp³-hybridized carbons (Fsp3) is 0.733. The number of aromatic nitrogens is 2. The molecule has 1 unspecified atom stereocenters. The highest BCUT2D eigenvalue weighted by molar-refractivity contribution is 5.32. The maximum atomic E-state index is 5.94. The summed E-state index contributed by atoms with van der Waals surface area (Å²) in [6.45, 7) is 6.68. The fourth-order valence-corrected chi connectivity index (χ4v) is 2.97. The van der Waals surface area contributed by atoms with Gasteiger partial charge in [-0.3, -0.25) is 0 Å². The van der Waals surface area contributed by atoms with E-state index >= 15 is 0 Å². The monoisotopic (exact) mass is 247 g/mol. The zero-order chi connectivity index (χ0) is 13.1. The molecule has 0 radical (unpaired) electrons. The second-order valence-corrected chi connectivity index (χ2v) is 6.09. The lowest BCUT2D eigenvalue weighted by Crippen LogP contribution is -2.10. The molecule has 1 aliphatic carbocycles. The van der Waals surface area contributed by atoms with E-state index in [4.69, 9.17) is 10.7 Å². The number of nitrogen functional groups attached to an aromatic ring is 1. The molecular formula is C15H25N3. The number of hydrogen-bond acceptors (Lipinski definition) is 3. The quantitative estimate of drug-likeness (QED) is 0.878. The number of anilines is 1. The van der Waals surface area contributed by atoms with Crippen LogP contribution in [0.25, 0.3) is 0 Å². The highest BCUT2D eigenvalue weighted by Gasteiger charge is 2.21. The summed E-state index contributed by atoms with van der Waals surface area (Å²) in [6.07, 6.45) is 6.29. The van der Waals surface area contributed by atoms with Crippen LogP contribution in [-0.4, -0.2) is 9.97 Å². The van der Waals surface area contributed by atoms with Crippen LogP contribution < -0.4 is 5.73 Å². The first-order chi connectivity index (χ1) is 8.56. The third-order valence-electron chi connectivity index (χ3n) is 3.82. The van der Waals surface area contributed by atoms with Crippen molar-refractivity contribution in [3.63, 3.8) is 0 Å². The molecule has 3 heteroatoms. The van der Waals surface area contributed by atoms with Crippen LogP contribution in [0.3, 0.4) is 0 Å². The van der Waals surface area contributed by atoms with Gasteiger partial charge in [-0.15, -0.1) is 0 Å². The Kier molecular flexibility index (Phi) is 4.20.